The summed E-state index contributed by atoms with van der Waals surface area (Å²) >= 11 is 0. The van der Waals surface area contributed by atoms with Crippen LogP contribution in [0.25, 0.3) is 0 Å². The second kappa shape index (κ2) is 10.4. The Morgan fingerprint density at radius 1 is 1.00 bits per heavy atom. The Morgan fingerprint density at radius 3 is 2.24 bits per heavy atom. The van der Waals surface area contributed by atoms with Gasteiger partial charge in [-0.05, 0) is 55.0 Å². The SMILES string of the molecule is CON=Cc1ccc(OCCC2CCN(c3nc(OC)nc(OC)n3)CC2)cc1. The van der Waals surface area contributed by atoms with Crippen molar-refractivity contribution in [1.29, 1.82) is 0 Å². The number of benzene rings is 1. The summed E-state index contributed by atoms with van der Waals surface area (Å²) in [6.45, 7) is 2.46. The Balaban J connectivity index is 1.44. The van der Waals surface area contributed by atoms with E-state index in [4.69, 9.17) is 14.2 Å². The smallest absolute Gasteiger partial charge is 0.324 e. The van der Waals surface area contributed by atoms with Crippen molar-refractivity contribution in [1.82, 2.24) is 15.0 Å². The maximum Gasteiger partial charge on any atom is 0.324 e. The summed E-state index contributed by atoms with van der Waals surface area (Å²) in [6, 6.07) is 8.33. The van der Waals surface area contributed by atoms with E-state index in [-0.39, 0.29) is 12.0 Å². The Hall–Kier alpha value is -3.10. The van der Waals surface area contributed by atoms with Crippen molar-refractivity contribution >= 4 is 12.2 Å². The molecule has 9 heteroatoms. The van der Waals surface area contributed by atoms with Gasteiger partial charge < -0.3 is 23.9 Å². The summed E-state index contributed by atoms with van der Waals surface area (Å²) in [5.74, 6) is 2.08. The first kappa shape index (κ1) is 20.6. The van der Waals surface area contributed by atoms with Crippen LogP contribution >= 0.6 is 0 Å². The Bertz CT molecular complexity index is 770. The highest BCUT2D eigenvalue weighted by Crippen LogP contribution is 2.25. The van der Waals surface area contributed by atoms with Crippen molar-refractivity contribution in [3.63, 3.8) is 0 Å². The second-order valence-electron chi connectivity index (χ2n) is 6.66. The molecule has 0 saturated carbocycles. The first-order valence-electron chi connectivity index (χ1n) is 9.60. The molecule has 1 saturated heterocycles. The molecule has 0 unspecified atom stereocenters. The molecule has 0 spiro atoms. The number of aromatic nitrogens is 3. The van der Waals surface area contributed by atoms with Crippen molar-refractivity contribution < 1.29 is 19.0 Å². The number of hydrogen-bond acceptors (Lipinski definition) is 9. The van der Waals surface area contributed by atoms with E-state index in [9.17, 15) is 0 Å². The standard InChI is InChI=1S/C20H27N5O4/c1-26-19-22-18(23-20(24-19)27-2)25-11-8-15(9-12-25)10-13-29-17-6-4-16(5-7-17)14-21-28-3/h4-7,14-15H,8-13H2,1-3H3. The van der Waals surface area contributed by atoms with Gasteiger partial charge in [0, 0.05) is 13.1 Å². The highest BCUT2D eigenvalue weighted by molar-refractivity contribution is 5.79. The van der Waals surface area contributed by atoms with Crippen LogP contribution in [0.2, 0.25) is 0 Å². The van der Waals surface area contributed by atoms with E-state index in [0.717, 1.165) is 43.7 Å². The largest absolute Gasteiger partial charge is 0.494 e. The Labute approximate surface area is 170 Å². The minimum absolute atomic E-state index is 0.266. The van der Waals surface area contributed by atoms with Crippen LogP contribution in [0.4, 0.5) is 5.95 Å². The van der Waals surface area contributed by atoms with E-state index in [0.29, 0.717) is 18.5 Å². The summed E-state index contributed by atoms with van der Waals surface area (Å²) in [5.41, 5.74) is 0.971. The molecule has 1 fully saturated rings. The van der Waals surface area contributed by atoms with E-state index in [1.807, 2.05) is 24.3 Å². The maximum absolute atomic E-state index is 5.88. The lowest BCUT2D eigenvalue weighted by Crippen LogP contribution is -2.35. The number of methoxy groups -OCH3 is 2. The maximum atomic E-state index is 5.88. The molecule has 0 N–H and O–H groups in total. The van der Waals surface area contributed by atoms with Crippen LogP contribution in [0.1, 0.15) is 24.8 Å². The van der Waals surface area contributed by atoms with Gasteiger partial charge in [0.05, 0.1) is 27.0 Å². The van der Waals surface area contributed by atoms with Crippen molar-refractivity contribution in [2.45, 2.75) is 19.3 Å². The zero-order valence-corrected chi connectivity index (χ0v) is 17.1. The molecular formula is C20H27N5O4. The molecule has 1 aliphatic heterocycles. The van der Waals surface area contributed by atoms with Gasteiger partial charge in [-0.25, -0.2) is 0 Å². The van der Waals surface area contributed by atoms with Gasteiger partial charge >= 0.3 is 12.0 Å². The van der Waals surface area contributed by atoms with Crippen LogP contribution in [-0.4, -0.2) is 62.2 Å². The minimum atomic E-state index is 0.266. The molecular weight excluding hydrogens is 374 g/mol. The van der Waals surface area contributed by atoms with Gasteiger partial charge in [0.1, 0.15) is 12.9 Å². The molecule has 9 nitrogen and oxygen atoms in total. The van der Waals surface area contributed by atoms with Gasteiger partial charge in [-0.1, -0.05) is 5.16 Å². The van der Waals surface area contributed by atoms with Crippen LogP contribution < -0.4 is 19.1 Å². The van der Waals surface area contributed by atoms with Crippen LogP contribution in [0, 0.1) is 5.92 Å². The van der Waals surface area contributed by atoms with Gasteiger partial charge in [0.2, 0.25) is 5.95 Å². The summed E-state index contributed by atoms with van der Waals surface area (Å²) in [7, 11) is 4.59. The van der Waals surface area contributed by atoms with Gasteiger partial charge in [0.25, 0.3) is 0 Å². The molecule has 0 amide bonds. The molecule has 156 valence electrons. The Kier molecular flexibility index (Phi) is 7.43. The van der Waals surface area contributed by atoms with Crippen molar-refractivity contribution in [3.05, 3.63) is 29.8 Å². The van der Waals surface area contributed by atoms with Crippen LogP contribution in [0.5, 0.6) is 17.8 Å². The molecule has 3 rings (SSSR count). The number of ether oxygens (including phenoxy) is 3. The van der Waals surface area contributed by atoms with E-state index in [1.54, 1.807) is 6.21 Å². The third-order valence-corrected chi connectivity index (χ3v) is 4.83. The zero-order valence-electron chi connectivity index (χ0n) is 17.1. The molecule has 1 aromatic heterocycles. The molecule has 1 aromatic carbocycles. The molecule has 2 heterocycles. The number of nitrogens with zero attached hydrogens (tertiary/aromatic N) is 5. The molecule has 0 aliphatic carbocycles. The predicted octanol–water partition coefficient (Wildman–Crippen LogP) is 2.55. The van der Waals surface area contributed by atoms with Crippen molar-refractivity contribution in [2.75, 3.05) is 45.9 Å². The molecule has 1 aliphatic rings. The molecule has 0 radical (unpaired) electrons. The lowest BCUT2D eigenvalue weighted by molar-refractivity contribution is 0.215. The van der Waals surface area contributed by atoms with Gasteiger partial charge in [-0.3, -0.25) is 0 Å². The summed E-state index contributed by atoms with van der Waals surface area (Å²) < 4.78 is 16.1. The molecule has 2 aromatic rings. The highest BCUT2D eigenvalue weighted by atomic mass is 16.6. The average molecular weight is 401 g/mol. The van der Waals surface area contributed by atoms with Crippen molar-refractivity contribution in [2.24, 2.45) is 11.1 Å². The number of piperidine rings is 1. The topological polar surface area (TPSA) is 91.2 Å². The average Bonchev–Trinajstić information content (AvgIpc) is 2.78. The monoisotopic (exact) mass is 401 g/mol. The molecule has 29 heavy (non-hydrogen) atoms. The fourth-order valence-corrected chi connectivity index (χ4v) is 3.18. The Morgan fingerprint density at radius 2 is 1.66 bits per heavy atom. The van der Waals surface area contributed by atoms with Crippen molar-refractivity contribution in [3.8, 4) is 17.8 Å². The van der Waals surface area contributed by atoms with E-state index < -0.39 is 0 Å². The first-order valence-corrected chi connectivity index (χ1v) is 9.60. The lowest BCUT2D eigenvalue weighted by atomic mass is 9.94. The number of oxime groups is 1. The quantitative estimate of drug-likeness (QED) is 0.468. The second-order valence-corrected chi connectivity index (χ2v) is 6.66. The van der Waals surface area contributed by atoms with E-state index in [1.165, 1.54) is 21.3 Å². The first-order chi connectivity index (χ1) is 14.2. The number of hydrogen-bond donors (Lipinski definition) is 0. The third-order valence-electron chi connectivity index (χ3n) is 4.83. The van der Waals surface area contributed by atoms with E-state index in [2.05, 4.69) is 29.8 Å². The third kappa shape index (κ3) is 5.94. The number of anilines is 1. The van der Waals surface area contributed by atoms with Gasteiger partial charge in [-0.15, -0.1) is 4.98 Å². The van der Waals surface area contributed by atoms with Gasteiger partial charge in [0.15, 0.2) is 0 Å². The highest BCUT2D eigenvalue weighted by Gasteiger charge is 2.22. The lowest BCUT2D eigenvalue weighted by Gasteiger charge is -2.32. The van der Waals surface area contributed by atoms with Gasteiger partial charge in [-0.2, -0.15) is 9.97 Å². The fourth-order valence-electron chi connectivity index (χ4n) is 3.18. The zero-order chi connectivity index (χ0) is 20.5. The summed E-state index contributed by atoms with van der Waals surface area (Å²) in [4.78, 5) is 19.5. The summed E-state index contributed by atoms with van der Waals surface area (Å²) in [5, 5.41) is 3.75. The van der Waals surface area contributed by atoms with Crippen LogP contribution in [0.3, 0.4) is 0 Å². The fraction of sp³-hybridized carbons (Fsp3) is 0.500. The number of rotatable bonds is 9. The van der Waals surface area contributed by atoms with Crippen LogP contribution in [0.15, 0.2) is 29.4 Å². The summed E-state index contributed by atoms with van der Waals surface area (Å²) in [6.07, 6.45) is 4.80. The molecule has 0 bridgehead atoms. The van der Waals surface area contributed by atoms with E-state index >= 15 is 0 Å². The molecule has 0 atom stereocenters. The predicted molar refractivity (Wildman–Crippen MR) is 109 cm³/mol. The normalized spacial score (nSPS) is 14.8. The minimum Gasteiger partial charge on any atom is -0.494 e. The van der Waals surface area contributed by atoms with Crippen LogP contribution in [-0.2, 0) is 4.84 Å².